The lowest BCUT2D eigenvalue weighted by Crippen LogP contribution is -2.12. The highest BCUT2D eigenvalue weighted by Gasteiger charge is 2.24. The van der Waals surface area contributed by atoms with Crippen LogP contribution >= 0.6 is 0 Å². The molecule has 0 saturated heterocycles. The Labute approximate surface area is 355 Å². The number of fused-ring (bicyclic) bond motifs is 7. The van der Waals surface area contributed by atoms with Crippen molar-refractivity contribution in [2.45, 2.75) is 38.0 Å². The molecule has 2 heterocycles. The van der Waals surface area contributed by atoms with Gasteiger partial charge in [0, 0.05) is 43.9 Å². The van der Waals surface area contributed by atoms with Crippen molar-refractivity contribution in [3.05, 3.63) is 200 Å². The van der Waals surface area contributed by atoms with E-state index in [2.05, 4.69) is 181 Å². The van der Waals surface area contributed by atoms with Gasteiger partial charge in [-0.15, -0.1) is 0 Å². The van der Waals surface area contributed by atoms with E-state index in [4.69, 9.17) is 8.83 Å². The maximum Gasteiger partial charge on any atom is 0.143 e. The number of hydrogen-bond donors (Lipinski definition) is 0. The maximum absolute atomic E-state index is 6.51. The smallest absolute Gasteiger partial charge is 0.143 e. The summed E-state index contributed by atoms with van der Waals surface area (Å²) in [6.45, 7) is 0. The Balaban J connectivity index is 1.07. The quantitative estimate of drug-likeness (QED) is 0.161. The van der Waals surface area contributed by atoms with Crippen LogP contribution in [0.25, 0.3) is 88.0 Å². The molecule has 0 amide bonds. The number of hydrogen-bond acceptors (Lipinski definition) is 3. The topological polar surface area (TPSA) is 29.5 Å². The Morgan fingerprint density at radius 2 is 0.967 bits per heavy atom. The molecule has 0 atom stereocenters. The molecule has 1 aliphatic carbocycles. The predicted octanol–water partition coefficient (Wildman–Crippen LogP) is 17.2. The SMILES string of the molecule is c1ccc(N(c2ccc(-c3cccc4c3oc3ccccc34)cc2)c2ccccc2-c2cccc3cccc(C4CCCCC4)c23)c(-c2ccc3oc4ccccc4c3c2)c1. The monoisotopic (exact) mass is 785 g/mol. The molecule has 0 spiro atoms. The first-order valence-electron chi connectivity index (χ1n) is 21.7. The van der Waals surface area contributed by atoms with Gasteiger partial charge in [-0.05, 0) is 100 Å². The largest absolute Gasteiger partial charge is 0.456 e. The summed E-state index contributed by atoms with van der Waals surface area (Å²) >= 11 is 0. The third kappa shape index (κ3) is 6.03. The second kappa shape index (κ2) is 14.7. The molecular weight excluding hydrogens is 743 g/mol. The van der Waals surface area contributed by atoms with Crippen molar-refractivity contribution in [3.8, 4) is 33.4 Å². The summed E-state index contributed by atoms with van der Waals surface area (Å²) in [7, 11) is 0. The fraction of sp³-hybridized carbons (Fsp3) is 0.103. The van der Waals surface area contributed by atoms with Crippen LogP contribution in [0.5, 0.6) is 0 Å². The van der Waals surface area contributed by atoms with Crippen LogP contribution in [0.2, 0.25) is 0 Å². The number of anilines is 3. The van der Waals surface area contributed by atoms with Crippen LogP contribution in [0, 0.1) is 0 Å². The van der Waals surface area contributed by atoms with Crippen LogP contribution in [0.1, 0.15) is 43.6 Å². The predicted molar refractivity (Wildman–Crippen MR) is 255 cm³/mol. The molecule has 12 rings (SSSR count). The fourth-order valence-electron chi connectivity index (χ4n) is 10.2. The summed E-state index contributed by atoms with van der Waals surface area (Å²) in [6.07, 6.45) is 6.43. The number of nitrogens with zero attached hydrogens (tertiary/aromatic N) is 1. The van der Waals surface area contributed by atoms with Gasteiger partial charge in [-0.3, -0.25) is 0 Å². The van der Waals surface area contributed by atoms with Crippen molar-refractivity contribution in [1.29, 1.82) is 0 Å². The van der Waals surface area contributed by atoms with E-state index in [1.165, 1.54) is 59.6 Å². The lowest BCUT2D eigenvalue weighted by Gasteiger charge is -2.31. The van der Waals surface area contributed by atoms with Gasteiger partial charge in [0.15, 0.2) is 0 Å². The van der Waals surface area contributed by atoms with E-state index in [-0.39, 0.29) is 0 Å². The van der Waals surface area contributed by atoms with Crippen molar-refractivity contribution >= 4 is 71.7 Å². The Hall–Kier alpha value is -7.36. The molecule has 1 saturated carbocycles. The lowest BCUT2D eigenvalue weighted by atomic mass is 9.80. The number of benzene rings is 9. The summed E-state index contributed by atoms with van der Waals surface area (Å²) in [5.41, 5.74) is 15.3. The first-order chi connectivity index (χ1) is 30.3. The van der Waals surface area contributed by atoms with Crippen LogP contribution in [-0.4, -0.2) is 0 Å². The van der Waals surface area contributed by atoms with E-state index in [9.17, 15) is 0 Å². The lowest BCUT2D eigenvalue weighted by molar-refractivity contribution is 0.445. The van der Waals surface area contributed by atoms with E-state index in [1.807, 2.05) is 18.2 Å². The van der Waals surface area contributed by atoms with Gasteiger partial charge in [0.1, 0.15) is 22.3 Å². The zero-order chi connectivity index (χ0) is 40.3. The van der Waals surface area contributed by atoms with Crippen molar-refractivity contribution in [3.63, 3.8) is 0 Å². The molecule has 2 aromatic heterocycles. The molecule has 1 fully saturated rings. The Morgan fingerprint density at radius 1 is 0.393 bits per heavy atom. The van der Waals surface area contributed by atoms with Crippen LogP contribution in [-0.2, 0) is 0 Å². The van der Waals surface area contributed by atoms with E-state index >= 15 is 0 Å². The minimum atomic E-state index is 0.570. The molecule has 9 aromatic carbocycles. The van der Waals surface area contributed by atoms with Gasteiger partial charge in [0.25, 0.3) is 0 Å². The van der Waals surface area contributed by atoms with Gasteiger partial charge in [-0.25, -0.2) is 0 Å². The molecule has 3 nitrogen and oxygen atoms in total. The van der Waals surface area contributed by atoms with Crippen LogP contribution in [0.15, 0.2) is 203 Å². The Kier molecular flexibility index (Phi) is 8.59. The summed E-state index contributed by atoms with van der Waals surface area (Å²) in [5, 5.41) is 7.18. The highest BCUT2D eigenvalue weighted by molar-refractivity contribution is 6.10. The van der Waals surface area contributed by atoms with E-state index in [0.29, 0.717) is 5.92 Å². The minimum Gasteiger partial charge on any atom is -0.456 e. The molecule has 0 bridgehead atoms. The highest BCUT2D eigenvalue weighted by Crippen LogP contribution is 2.48. The highest BCUT2D eigenvalue weighted by atomic mass is 16.3. The summed E-state index contributed by atoms with van der Waals surface area (Å²) in [5.74, 6) is 0.570. The van der Waals surface area contributed by atoms with Gasteiger partial charge in [-0.2, -0.15) is 0 Å². The molecule has 292 valence electrons. The van der Waals surface area contributed by atoms with Crippen molar-refractivity contribution in [2.24, 2.45) is 0 Å². The third-order valence-electron chi connectivity index (χ3n) is 13.1. The van der Waals surface area contributed by atoms with Gasteiger partial charge >= 0.3 is 0 Å². The minimum absolute atomic E-state index is 0.570. The average Bonchev–Trinajstić information content (AvgIpc) is 3.91. The van der Waals surface area contributed by atoms with Gasteiger partial charge in [0.05, 0.1) is 11.4 Å². The maximum atomic E-state index is 6.51. The summed E-state index contributed by atoms with van der Waals surface area (Å²) < 4.78 is 12.8. The molecule has 0 radical (unpaired) electrons. The van der Waals surface area contributed by atoms with E-state index in [0.717, 1.165) is 83.2 Å². The third-order valence-corrected chi connectivity index (χ3v) is 13.1. The summed E-state index contributed by atoms with van der Waals surface area (Å²) in [6, 6.07) is 70.4. The second-order valence-electron chi connectivity index (χ2n) is 16.6. The first kappa shape index (κ1) is 35.6. The molecule has 0 unspecified atom stereocenters. The van der Waals surface area contributed by atoms with E-state index < -0.39 is 0 Å². The van der Waals surface area contributed by atoms with Crippen molar-refractivity contribution in [1.82, 2.24) is 0 Å². The van der Waals surface area contributed by atoms with Gasteiger partial charge in [-0.1, -0.05) is 165 Å². The van der Waals surface area contributed by atoms with E-state index in [1.54, 1.807) is 0 Å². The van der Waals surface area contributed by atoms with Crippen molar-refractivity contribution in [2.75, 3.05) is 4.90 Å². The van der Waals surface area contributed by atoms with Gasteiger partial charge < -0.3 is 13.7 Å². The fourth-order valence-corrected chi connectivity index (χ4v) is 10.2. The Bertz CT molecular complexity index is 3410. The average molecular weight is 786 g/mol. The normalized spacial score (nSPS) is 13.5. The van der Waals surface area contributed by atoms with Crippen LogP contribution in [0.3, 0.4) is 0 Å². The number of furan rings is 2. The van der Waals surface area contributed by atoms with Crippen molar-refractivity contribution < 1.29 is 8.83 Å². The second-order valence-corrected chi connectivity index (χ2v) is 16.6. The molecular formula is C58H43NO2. The first-order valence-corrected chi connectivity index (χ1v) is 21.7. The van der Waals surface area contributed by atoms with Crippen LogP contribution < -0.4 is 4.90 Å². The summed E-state index contributed by atoms with van der Waals surface area (Å²) in [4.78, 5) is 2.47. The molecule has 61 heavy (non-hydrogen) atoms. The zero-order valence-electron chi connectivity index (χ0n) is 33.9. The molecule has 0 N–H and O–H groups in total. The molecule has 0 aliphatic heterocycles. The Morgan fingerprint density at radius 3 is 1.77 bits per heavy atom. The zero-order valence-corrected chi connectivity index (χ0v) is 33.9. The molecule has 3 heteroatoms. The number of para-hydroxylation sites is 5. The number of rotatable bonds is 7. The standard InChI is InChI=1S/C58H43NO2/c1-2-15-38(16-3-1)44-23-12-17-40-18-13-25-49(57(40)44)46-20-5-9-28-53(46)59(42-34-31-39(32-35-42)45-24-14-26-50-47-21-6-11-30-55(47)61-58(45)50)52-27-8-4-19-43(52)41-33-36-56-51(37-41)48-22-7-10-29-54(48)60-56/h4-14,17-38H,1-3,15-16H2. The van der Waals surface area contributed by atoms with Gasteiger partial charge in [0.2, 0.25) is 0 Å². The molecule has 1 aliphatic rings. The molecule has 11 aromatic rings. The van der Waals surface area contributed by atoms with Crippen LogP contribution in [0.4, 0.5) is 17.1 Å².